The number of carbonyl (C=O) groups is 1. The summed E-state index contributed by atoms with van der Waals surface area (Å²) < 4.78 is 0.117. The number of thioether (sulfide) groups is 1. The van der Waals surface area contributed by atoms with Gasteiger partial charge in [-0.15, -0.1) is 0 Å². The van der Waals surface area contributed by atoms with Crippen LogP contribution in [0.4, 0.5) is 0 Å². The van der Waals surface area contributed by atoms with Gasteiger partial charge in [0.25, 0.3) is 0 Å². The van der Waals surface area contributed by atoms with E-state index in [1.165, 1.54) is 0 Å². The fourth-order valence-electron chi connectivity index (χ4n) is 0.926. The van der Waals surface area contributed by atoms with Crippen LogP contribution in [-0.2, 0) is 4.79 Å². The Morgan fingerprint density at radius 1 is 1.43 bits per heavy atom. The zero-order valence-corrected chi connectivity index (χ0v) is 10.4. The van der Waals surface area contributed by atoms with E-state index in [2.05, 4.69) is 26.1 Å². The Bertz CT molecular complexity index is 187. The smallest absolute Gasteiger partial charge is 0.321 e. The molecule has 0 amide bonds. The Labute approximate surface area is 90.7 Å². The molecule has 0 saturated heterocycles. The van der Waals surface area contributed by atoms with Crippen molar-refractivity contribution in [1.82, 2.24) is 5.32 Å². The molecule has 3 nitrogen and oxygen atoms in total. The average Bonchev–Trinajstić information content (AvgIpc) is 1.94. The lowest BCUT2D eigenvalue weighted by atomic mass is 10.2. The third kappa shape index (κ3) is 7.21. The van der Waals surface area contributed by atoms with Crippen molar-refractivity contribution in [2.75, 3.05) is 5.75 Å². The lowest BCUT2D eigenvalue weighted by molar-refractivity contribution is -0.139. The largest absolute Gasteiger partial charge is 0.480 e. The zero-order chi connectivity index (χ0) is 11.4. The second-order valence-electron chi connectivity index (χ2n) is 4.64. The minimum absolute atomic E-state index is 0.117. The minimum Gasteiger partial charge on any atom is -0.480 e. The highest BCUT2D eigenvalue weighted by atomic mass is 32.2. The fourth-order valence-corrected chi connectivity index (χ4v) is 1.83. The van der Waals surface area contributed by atoms with Gasteiger partial charge >= 0.3 is 5.97 Å². The topological polar surface area (TPSA) is 49.3 Å². The molecule has 4 heteroatoms. The fraction of sp³-hybridized carbons (Fsp3) is 0.900. The standard InChI is InChI=1S/C10H21NO2S/c1-7(2)11-8(9(12)13)6-14-10(3,4)5/h7-8,11H,6H2,1-5H3,(H,12,13). The summed E-state index contributed by atoms with van der Waals surface area (Å²) in [6.07, 6.45) is 0. The zero-order valence-electron chi connectivity index (χ0n) is 9.63. The first-order valence-electron chi connectivity index (χ1n) is 4.85. The molecule has 0 aliphatic carbocycles. The van der Waals surface area contributed by atoms with E-state index >= 15 is 0 Å². The van der Waals surface area contributed by atoms with E-state index in [9.17, 15) is 4.79 Å². The van der Waals surface area contributed by atoms with E-state index in [-0.39, 0.29) is 10.8 Å². The second kappa shape index (κ2) is 5.61. The van der Waals surface area contributed by atoms with Crippen LogP contribution in [0.15, 0.2) is 0 Å². The summed E-state index contributed by atoms with van der Waals surface area (Å²) >= 11 is 1.67. The van der Waals surface area contributed by atoms with Gasteiger partial charge in [0.15, 0.2) is 0 Å². The maximum Gasteiger partial charge on any atom is 0.321 e. The first-order chi connectivity index (χ1) is 6.22. The summed E-state index contributed by atoms with van der Waals surface area (Å²) in [5.41, 5.74) is 0. The third-order valence-corrected chi connectivity index (χ3v) is 2.88. The number of rotatable bonds is 5. The van der Waals surface area contributed by atoms with Crippen molar-refractivity contribution >= 4 is 17.7 Å². The van der Waals surface area contributed by atoms with Gasteiger partial charge in [-0.3, -0.25) is 4.79 Å². The number of carboxylic acids is 1. The molecule has 2 N–H and O–H groups in total. The van der Waals surface area contributed by atoms with Crippen molar-refractivity contribution in [2.24, 2.45) is 0 Å². The summed E-state index contributed by atoms with van der Waals surface area (Å²) in [5.74, 6) is -0.160. The van der Waals surface area contributed by atoms with Crippen LogP contribution in [0, 0.1) is 0 Å². The molecule has 0 aromatic rings. The third-order valence-electron chi connectivity index (χ3n) is 1.52. The molecule has 0 bridgehead atoms. The van der Waals surface area contributed by atoms with Gasteiger partial charge < -0.3 is 10.4 Å². The Morgan fingerprint density at radius 2 is 1.93 bits per heavy atom. The Hall–Kier alpha value is -0.220. The van der Waals surface area contributed by atoms with E-state index in [4.69, 9.17) is 5.11 Å². The molecule has 0 aliphatic rings. The van der Waals surface area contributed by atoms with E-state index in [0.29, 0.717) is 5.75 Å². The molecule has 0 aliphatic heterocycles. The van der Waals surface area contributed by atoms with Crippen molar-refractivity contribution < 1.29 is 9.90 Å². The predicted molar refractivity (Wildman–Crippen MR) is 61.9 cm³/mol. The van der Waals surface area contributed by atoms with Crippen LogP contribution in [0.2, 0.25) is 0 Å². The molecule has 0 saturated carbocycles. The summed E-state index contributed by atoms with van der Waals surface area (Å²) in [5, 5.41) is 12.0. The summed E-state index contributed by atoms with van der Waals surface area (Å²) in [6, 6.07) is -0.240. The minimum atomic E-state index is -0.768. The maximum atomic E-state index is 10.9. The van der Waals surface area contributed by atoms with Crippen molar-refractivity contribution in [3.05, 3.63) is 0 Å². The lowest BCUT2D eigenvalue weighted by Gasteiger charge is -2.22. The summed E-state index contributed by atoms with van der Waals surface area (Å²) in [4.78, 5) is 10.9. The van der Waals surface area contributed by atoms with Gasteiger partial charge in [0, 0.05) is 16.5 Å². The Kier molecular flexibility index (Phi) is 5.52. The molecule has 0 radical (unpaired) electrons. The van der Waals surface area contributed by atoms with Crippen LogP contribution in [-0.4, -0.2) is 33.7 Å². The summed E-state index contributed by atoms with van der Waals surface area (Å²) in [7, 11) is 0. The highest BCUT2D eigenvalue weighted by Crippen LogP contribution is 2.23. The van der Waals surface area contributed by atoms with Gasteiger partial charge in [0.2, 0.25) is 0 Å². The lowest BCUT2D eigenvalue weighted by Crippen LogP contribution is -2.43. The molecular formula is C10H21NO2S. The Balaban J connectivity index is 4.05. The molecule has 0 fully saturated rings. The molecule has 0 heterocycles. The monoisotopic (exact) mass is 219 g/mol. The first-order valence-corrected chi connectivity index (χ1v) is 5.84. The predicted octanol–water partition coefficient (Wildman–Crippen LogP) is 1.97. The summed E-state index contributed by atoms with van der Waals surface area (Å²) in [6.45, 7) is 10.2. The van der Waals surface area contributed by atoms with Crippen molar-refractivity contribution in [1.29, 1.82) is 0 Å². The van der Waals surface area contributed by atoms with Crippen LogP contribution in [0.5, 0.6) is 0 Å². The van der Waals surface area contributed by atoms with E-state index < -0.39 is 12.0 Å². The van der Waals surface area contributed by atoms with Gasteiger partial charge in [-0.2, -0.15) is 11.8 Å². The number of aliphatic carboxylic acids is 1. The molecule has 1 atom stereocenters. The van der Waals surface area contributed by atoms with Crippen LogP contribution in [0.1, 0.15) is 34.6 Å². The molecular weight excluding hydrogens is 198 g/mol. The Morgan fingerprint density at radius 3 is 2.21 bits per heavy atom. The SMILES string of the molecule is CC(C)NC(CSC(C)(C)C)C(=O)O. The van der Waals surface area contributed by atoms with Crippen LogP contribution >= 0.6 is 11.8 Å². The van der Waals surface area contributed by atoms with E-state index in [1.807, 2.05) is 13.8 Å². The number of hydrogen-bond donors (Lipinski definition) is 2. The van der Waals surface area contributed by atoms with Crippen LogP contribution in [0.25, 0.3) is 0 Å². The average molecular weight is 219 g/mol. The molecule has 0 spiro atoms. The first kappa shape index (κ1) is 13.8. The molecule has 0 rings (SSSR count). The molecule has 1 unspecified atom stereocenters. The van der Waals surface area contributed by atoms with E-state index in [0.717, 1.165) is 0 Å². The highest BCUT2D eigenvalue weighted by molar-refractivity contribution is 8.00. The van der Waals surface area contributed by atoms with Crippen LogP contribution in [0.3, 0.4) is 0 Å². The van der Waals surface area contributed by atoms with Gasteiger partial charge in [-0.25, -0.2) is 0 Å². The van der Waals surface area contributed by atoms with Gasteiger partial charge in [-0.05, 0) is 0 Å². The molecule has 0 aromatic carbocycles. The van der Waals surface area contributed by atoms with Gasteiger partial charge in [0.1, 0.15) is 6.04 Å². The number of carboxylic acid groups (broad SMARTS) is 1. The van der Waals surface area contributed by atoms with Crippen molar-refractivity contribution in [3.8, 4) is 0 Å². The van der Waals surface area contributed by atoms with Gasteiger partial charge in [-0.1, -0.05) is 34.6 Å². The van der Waals surface area contributed by atoms with Crippen LogP contribution < -0.4 is 5.32 Å². The van der Waals surface area contributed by atoms with Gasteiger partial charge in [0.05, 0.1) is 0 Å². The number of nitrogens with one attached hydrogen (secondary N) is 1. The number of hydrogen-bond acceptors (Lipinski definition) is 3. The highest BCUT2D eigenvalue weighted by Gasteiger charge is 2.21. The van der Waals surface area contributed by atoms with E-state index in [1.54, 1.807) is 11.8 Å². The molecule has 0 aromatic heterocycles. The normalized spacial score (nSPS) is 14.4. The molecule has 84 valence electrons. The molecule has 14 heavy (non-hydrogen) atoms. The quantitative estimate of drug-likeness (QED) is 0.742. The van der Waals surface area contributed by atoms with Crippen molar-refractivity contribution in [3.63, 3.8) is 0 Å². The second-order valence-corrected chi connectivity index (χ2v) is 6.48. The maximum absolute atomic E-state index is 10.9. The van der Waals surface area contributed by atoms with Crippen molar-refractivity contribution in [2.45, 2.75) is 51.4 Å².